The topological polar surface area (TPSA) is 47.0 Å². The van der Waals surface area contributed by atoms with Crippen molar-refractivity contribution in [3.63, 3.8) is 0 Å². The number of nitrogens with zero attached hydrogens (tertiary/aromatic N) is 3. The van der Waals surface area contributed by atoms with Crippen LogP contribution in [0.25, 0.3) is 0 Å². The molecule has 2 fully saturated rings. The lowest BCUT2D eigenvalue weighted by atomic mass is 9.85. The third-order valence-corrected chi connectivity index (χ3v) is 5.87. The second-order valence-electron chi connectivity index (χ2n) is 7.52. The minimum Gasteiger partial charge on any atom is -0.378 e. The number of hydrogen-bond acceptors (Lipinski definition) is 4. The van der Waals surface area contributed by atoms with Crippen molar-refractivity contribution in [1.82, 2.24) is 14.7 Å². The van der Waals surface area contributed by atoms with Crippen molar-refractivity contribution in [3.8, 4) is 0 Å². The molecule has 0 aliphatic carbocycles. The van der Waals surface area contributed by atoms with E-state index in [1.54, 1.807) is 0 Å². The molecular weight excluding hydrogens is 321 g/mol. The number of likely N-dealkylation sites (N-methyl/N-ethyl adjacent to an activating group) is 1. The Morgan fingerprint density at radius 1 is 1.12 bits per heavy atom. The summed E-state index contributed by atoms with van der Waals surface area (Å²) in [5.74, 6) is -0.648. The SMILES string of the molecule is CN1CCC2(CC1)CN(C(=O)[C@H](O)c1ccc(F)cc1)CCCN2C. The molecule has 2 saturated heterocycles. The average molecular weight is 349 g/mol. The molecule has 5 nitrogen and oxygen atoms in total. The van der Waals surface area contributed by atoms with E-state index in [4.69, 9.17) is 0 Å². The monoisotopic (exact) mass is 349 g/mol. The fraction of sp³-hybridized carbons (Fsp3) is 0.632. The maximum Gasteiger partial charge on any atom is 0.256 e. The van der Waals surface area contributed by atoms with Crippen molar-refractivity contribution < 1.29 is 14.3 Å². The average Bonchev–Trinajstić information content (AvgIpc) is 2.77. The highest BCUT2D eigenvalue weighted by Gasteiger charge is 2.42. The number of benzene rings is 1. The van der Waals surface area contributed by atoms with Gasteiger partial charge < -0.3 is 14.9 Å². The molecule has 1 atom stereocenters. The van der Waals surface area contributed by atoms with Gasteiger partial charge in [0.15, 0.2) is 6.10 Å². The number of aliphatic hydroxyl groups is 1. The Balaban J connectivity index is 1.76. The number of carbonyl (C=O) groups excluding carboxylic acids is 1. The molecule has 1 spiro atoms. The van der Waals surface area contributed by atoms with Crippen LogP contribution in [0.1, 0.15) is 30.9 Å². The number of halogens is 1. The molecule has 2 aliphatic rings. The van der Waals surface area contributed by atoms with Gasteiger partial charge in [0, 0.05) is 25.2 Å². The Kier molecular flexibility index (Phi) is 5.41. The first-order valence-corrected chi connectivity index (χ1v) is 9.03. The first-order valence-electron chi connectivity index (χ1n) is 9.03. The van der Waals surface area contributed by atoms with Crippen molar-refractivity contribution in [2.75, 3.05) is 46.8 Å². The van der Waals surface area contributed by atoms with E-state index in [-0.39, 0.29) is 17.3 Å². The second kappa shape index (κ2) is 7.40. The number of piperidine rings is 1. The normalized spacial score (nSPS) is 23.4. The third-order valence-electron chi connectivity index (χ3n) is 5.87. The maximum atomic E-state index is 13.1. The fourth-order valence-electron chi connectivity index (χ4n) is 4.01. The lowest BCUT2D eigenvalue weighted by Gasteiger charge is -2.47. The van der Waals surface area contributed by atoms with Gasteiger partial charge in [-0.3, -0.25) is 9.69 Å². The minimum absolute atomic E-state index is 0.0127. The zero-order chi connectivity index (χ0) is 18.0. The van der Waals surface area contributed by atoms with Gasteiger partial charge in [-0.1, -0.05) is 12.1 Å². The van der Waals surface area contributed by atoms with Crippen LogP contribution in [0.4, 0.5) is 4.39 Å². The Morgan fingerprint density at radius 3 is 2.40 bits per heavy atom. The summed E-state index contributed by atoms with van der Waals surface area (Å²) in [5.41, 5.74) is 0.433. The molecule has 2 aliphatic heterocycles. The zero-order valence-corrected chi connectivity index (χ0v) is 15.1. The van der Waals surface area contributed by atoms with Gasteiger partial charge in [-0.15, -0.1) is 0 Å². The van der Waals surface area contributed by atoms with Crippen LogP contribution in [-0.2, 0) is 4.79 Å². The Morgan fingerprint density at radius 2 is 1.76 bits per heavy atom. The highest BCUT2D eigenvalue weighted by molar-refractivity contribution is 5.82. The molecular formula is C19H28FN3O2. The van der Waals surface area contributed by atoms with E-state index < -0.39 is 6.10 Å². The molecule has 0 radical (unpaired) electrons. The van der Waals surface area contributed by atoms with E-state index in [0.717, 1.165) is 38.9 Å². The van der Waals surface area contributed by atoms with Gasteiger partial charge in [0.1, 0.15) is 5.82 Å². The largest absolute Gasteiger partial charge is 0.378 e. The summed E-state index contributed by atoms with van der Waals surface area (Å²) in [6, 6.07) is 5.52. The summed E-state index contributed by atoms with van der Waals surface area (Å²) in [4.78, 5) is 19.4. The van der Waals surface area contributed by atoms with Gasteiger partial charge in [-0.25, -0.2) is 4.39 Å². The molecule has 0 aromatic heterocycles. The smallest absolute Gasteiger partial charge is 0.256 e. The van der Waals surface area contributed by atoms with E-state index >= 15 is 0 Å². The molecule has 0 saturated carbocycles. The summed E-state index contributed by atoms with van der Waals surface area (Å²) in [7, 11) is 4.28. The predicted octanol–water partition coefficient (Wildman–Crippen LogP) is 1.49. The van der Waals surface area contributed by atoms with Gasteiger partial charge in [0.25, 0.3) is 5.91 Å². The van der Waals surface area contributed by atoms with Crippen LogP contribution in [0.15, 0.2) is 24.3 Å². The molecule has 0 unspecified atom stereocenters. The number of hydrogen-bond donors (Lipinski definition) is 1. The highest BCUT2D eigenvalue weighted by atomic mass is 19.1. The number of rotatable bonds is 2. The first-order chi connectivity index (χ1) is 11.9. The van der Waals surface area contributed by atoms with Crippen molar-refractivity contribution in [2.45, 2.75) is 30.9 Å². The molecule has 1 aromatic rings. The maximum absolute atomic E-state index is 13.1. The molecule has 1 N–H and O–H groups in total. The van der Waals surface area contributed by atoms with Crippen LogP contribution >= 0.6 is 0 Å². The predicted molar refractivity (Wildman–Crippen MR) is 94.6 cm³/mol. The lowest BCUT2D eigenvalue weighted by Crippen LogP contribution is -2.58. The van der Waals surface area contributed by atoms with Gasteiger partial charge in [0.05, 0.1) is 0 Å². The molecule has 3 rings (SSSR count). The van der Waals surface area contributed by atoms with Crippen molar-refractivity contribution >= 4 is 5.91 Å². The standard InChI is InChI=1S/C19H28FN3O2/c1-21-12-8-19(9-13-21)14-23(11-3-10-22(19)2)18(25)17(24)15-4-6-16(20)7-5-15/h4-7,17,24H,3,8-14H2,1-2H3/t17-/m1/s1. The second-order valence-corrected chi connectivity index (χ2v) is 7.52. The van der Waals surface area contributed by atoms with Crippen LogP contribution in [0, 0.1) is 5.82 Å². The van der Waals surface area contributed by atoms with E-state index in [2.05, 4.69) is 23.9 Å². The van der Waals surface area contributed by atoms with E-state index in [1.807, 2.05) is 4.90 Å². The number of likely N-dealkylation sites (tertiary alicyclic amines) is 1. The van der Waals surface area contributed by atoms with Crippen LogP contribution < -0.4 is 0 Å². The molecule has 0 bridgehead atoms. The highest BCUT2D eigenvalue weighted by Crippen LogP contribution is 2.32. The van der Waals surface area contributed by atoms with Gasteiger partial charge in [-0.2, -0.15) is 0 Å². The van der Waals surface area contributed by atoms with Crippen molar-refractivity contribution in [2.24, 2.45) is 0 Å². The van der Waals surface area contributed by atoms with Crippen LogP contribution in [0.2, 0.25) is 0 Å². The van der Waals surface area contributed by atoms with E-state index in [9.17, 15) is 14.3 Å². The Bertz CT molecular complexity index is 599. The fourth-order valence-corrected chi connectivity index (χ4v) is 4.01. The molecule has 2 heterocycles. The molecule has 25 heavy (non-hydrogen) atoms. The molecule has 138 valence electrons. The molecule has 1 amide bonds. The molecule has 6 heteroatoms. The quantitative estimate of drug-likeness (QED) is 0.879. The Hall–Kier alpha value is -1.50. The first kappa shape index (κ1) is 18.3. The van der Waals surface area contributed by atoms with Gasteiger partial charge in [-0.05, 0) is 64.1 Å². The third kappa shape index (κ3) is 3.86. The summed E-state index contributed by atoms with van der Waals surface area (Å²) in [6.45, 7) is 4.30. The summed E-state index contributed by atoms with van der Waals surface area (Å²) in [5, 5.41) is 10.5. The van der Waals surface area contributed by atoms with Crippen molar-refractivity contribution in [3.05, 3.63) is 35.6 Å². The number of carbonyl (C=O) groups is 1. The summed E-state index contributed by atoms with van der Waals surface area (Å²) >= 11 is 0. The summed E-state index contributed by atoms with van der Waals surface area (Å²) in [6.07, 6.45) is 1.72. The molecule has 1 aromatic carbocycles. The Labute approximate surface area is 149 Å². The number of aliphatic hydroxyl groups excluding tert-OH is 1. The van der Waals surface area contributed by atoms with Crippen LogP contribution in [0.5, 0.6) is 0 Å². The van der Waals surface area contributed by atoms with Crippen LogP contribution in [0.3, 0.4) is 0 Å². The van der Waals surface area contributed by atoms with Crippen LogP contribution in [-0.4, -0.2) is 78.1 Å². The zero-order valence-electron chi connectivity index (χ0n) is 15.1. The summed E-state index contributed by atoms with van der Waals surface area (Å²) < 4.78 is 13.1. The van der Waals surface area contributed by atoms with Gasteiger partial charge in [0.2, 0.25) is 0 Å². The lowest BCUT2D eigenvalue weighted by molar-refractivity contribution is -0.142. The minimum atomic E-state index is -1.23. The number of amides is 1. The van der Waals surface area contributed by atoms with Crippen molar-refractivity contribution in [1.29, 1.82) is 0 Å². The van der Waals surface area contributed by atoms with E-state index in [0.29, 0.717) is 18.7 Å². The van der Waals surface area contributed by atoms with E-state index in [1.165, 1.54) is 24.3 Å². The van der Waals surface area contributed by atoms with Gasteiger partial charge >= 0.3 is 0 Å².